The number of nitro groups is 1. The largest absolute Gasteiger partial charge is 0.303 e. The second-order valence-corrected chi connectivity index (χ2v) is 5.94. The fourth-order valence-corrected chi connectivity index (χ4v) is 2.73. The van der Waals surface area contributed by atoms with Gasteiger partial charge in [0.25, 0.3) is 5.69 Å². The average Bonchev–Trinajstić information content (AvgIpc) is 2.43. The molecule has 0 fully saturated rings. The van der Waals surface area contributed by atoms with Gasteiger partial charge in [-0.05, 0) is 25.2 Å². The molecule has 0 radical (unpaired) electrons. The highest BCUT2D eigenvalue weighted by atomic mass is 35.5. The molecule has 0 aliphatic carbocycles. The molecule has 9 heteroatoms. The summed E-state index contributed by atoms with van der Waals surface area (Å²) in [4.78, 5) is 12.1. The van der Waals surface area contributed by atoms with Gasteiger partial charge in [0.2, 0.25) is 10.0 Å². The summed E-state index contributed by atoms with van der Waals surface area (Å²) in [6, 6.07) is 4.83. The monoisotopic (exact) mass is 337 g/mol. The molecule has 21 heavy (non-hydrogen) atoms. The molecule has 0 aliphatic heterocycles. The second kappa shape index (κ2) is 8.93. The van der Waals surface area contributed by atoms with E-state index >= 15 is 0 Å². The molecular weight excluding hydrogens is 318 g/mol. The van der Waals surface area contributed by atoms with Crippen molar-refractivity contribution in [2.75, 3.05) is 26.2 Å². The minimum atomic E-state index is -3.61. The van der Waals surface area contributed by atoms with Crippen LogP contribution in [0.25, 0.3) is 0 Å². The van der Waals surface area contributed by atoms with E-state index in [2.05, 4.69) is 9.62 Å². The summed E-state index contributed by atoms with van der Waals surface area (Å²) in [7, 11) is -3.61. The van der Waals surface area contributed by atoms with Gasteiger partial charge in [-0.15, -0.1) is 12.4 Å². The van der Waals surface area contributed by atoms with Gasteiger partial charge in [0.1, 0.15) is 0 Å². The summed E-state index contributed by atoms with van der Waals surface area (Å²) in [6.45, 7) is 6.66. The Morgan fingerprint density at radius 1 is 1.19 bits per heavy atom. The molecule has 1 N–H and O–H groups in total. The Hall–Kier alpha value is -1.22. The van der Waals surface area contributed by atoms with E-state index in [0.717, 1.165) is 13.1 Å². The van der Waals surface area contributed by atoms with Crippen molar-refractivity contribution in [2.24, 2.45) is 0 Å². The number of hydrogen-bond acceptors (Lipinski definition) is 5. The fraction of sp³-hybridized carbons (Fsp3) is 0.500. The minimum absolute atomic E-state index is 0. The third kappa shape index (κ3) is 5.96. The molecule has 120 valence electrons. The standard InChI is InChI=1S/C12H19N3O4S.ClH/c1-3-14(4-2)10-9-13-20(18,19)12-7-5-11(6-8-12)15(16)17;/h5-8,13H,3-4,9-10H2,1-2H3;1H. The number of sulfonamides is 1. The third-order valence-corrected chi connectivity index (χ3v) is 4.45. The maximum atomic E-state index is 12.0. The summed E-state index contributed by atoms with van der Waals surface area (Å²) < 4.78 is 26.4. The number of likely N-dealkylation sites (N-methyl/N-ethyl adjacent to an activating group) is 1. The van der Waals surface area contributed by atoms with Gasteiger partial charge in [0.05, 0.1) is 9.82 Å². The van der Waals surface area contributed by atoms with E-state index in [9.17, 15) is 18.5 Å². The Morgan fingerprint density at radius 3 is 2.14 bits per heavy atom. The summed E-state index contributed by atoms with van der Waals surface area (Å²) in [5.41, 5.74) is -0.132. The molecule has 0 unspecified atom stereocenters. The molecule has 0 aromatic heterocycles. The number of hydrogen-bond donors (Lipinski definition) is 1. The van der Waals surface area contributed by atoms with Crippen molar-refractivity contribution >= 4 is 28.1 Å². The van der Waals surface area contributed by atoms with E-state index in [4.69, 9.17) is 0 Å². The van der Waals surface area contributed by atoms with Crippen LogP contribution in [0.4, 0.5) is 5.69 Å². The summed E-state index contributed by atoms with van der Waals surface area (Å²) in [5.74, 6) is 0. The number of rotatable bonds is 8. The van der Waals surface area contributed by atoms with Gasteiger partial charge in [-0.3, -0.25) is 10.1 Å². The number of nitrogens with zero attached hydrogens (tertiary/aromatic N) is 2. The lowest BCUT2D eigenvalue weighted by atomic mass is 10.3. The molecule has 0 heterocycles. The Labute approximate surface area is 130 Å². The molecule has 1 aromatic rings. The van der Waals surface area contributed by atoms with Gasteiger partial charge in [0.15, 0.2) is 0 Å². The first-order valence-corrected chi connectivity index (χ1v) is 7.85. The molecule has 0 bridgehead atoms. The van der Waals surface area contributed by atoms with Gasteiger partial charge < -0.3 is 4.90 Å². The second-order valence-electron chi connectivity index (χ2n) is 4.18. The molecule has 0 saturated carbocycles. The predicted molar refractivity (Wildman–Crippen MR) is 83.3 cm³/mol. The summed E-state index contributed by atoms with van der Waals surface area (Å²) in [5, 5.41) is 10.5. The van der Waals surface area contributed by atoms with Crippen molar-refractivity contribution in [2.45, 2.75) is 18.7 Å². The van der Waals surface area contributed by atoms with Crippen molar-refractivity contribution < 1.29 is 13.3 Å². The fourth-order valence-electron chi connectivity index (χ4n) is 1.71. The Balaban J connectivity index is 0.00000400. The van der Waals surface area contributed by atoms with E-state index in [1.807, 2.05) is 13.8 Å². The first kappa shape index (κ1) is 19.8. The molecule has 0 aliphatic rings. The SMILES string of the molecule is CCN(CC)CCNS(=O)(=O)c1ccc([N+](=O)[O-])cc1.Cl. The van der Waals surface area contributed by atoms with Gasteiger partial charge in [-0.1, -0.05) is 13.8 Å². The van der Waals surface area contributed by atoms with Crippen LogP contribution in [0.3, 0.4) is 0 Å². The predicted octanol–water partition coefficient (Wildman–Crippen LogP) is 1.64. The van der Waals surface area contributed by atoms with Crippen LogP contribution >= 0.6 is 12.4 Å². The lowest BCUT2D eigenvalue weighted by Gasteiger charge is -2.17. The van der Waals surface area contributed by atoms with Crippen LogP contribution in [0.5, 0.6) is 0 Å². The van der Waals surface area contributed by atoms with Gasteiger partial charge >= 0.3 is 0 Å². The first-order chi connectivity index (χ1) is 9.40. The van der Waals surface area contributed by atoms with Gasteiger partial charge in [-0.25, -0.2) is 13.1 Å². The highest BCUT2D eigenvalue weighted by Gasteiger charge is 2.15. The molecule has 1 aromatic carbocycles. The van der Waals surface area contributed by atoms with E-state index in [0.29, 0.717) is 13.1 Å². The number of halogens is 1. The van der Waals surface area contributed by atoms with Crippen molar-refractivity contribution in [3.8, 4) is 0 Å². The quantitative estimate of drug-likeness (QED) is 0.575. The lowest BCUT2D eigenvalue weighted by molar-refractivity contribution is -0.384. The van der Waals surface area contributed by atoms with Crippen molar-refractivity contribution in [1.29, 1.82) is 0 Å². The number of benzene rings is 1. The number of non-ortho nitro benzene ring substituents is 1. The molecule has 7 nitrogen and oxygen atoms in total. The van der Waals surface area contributed by atoms with Crippen LogP contribution in [-0.4, -0.2) is 44.4 Å². The molecule has 0 saturated heterocycles. The minimum Gasteiger partial charge on any atom is -0.303 e. The van der Waals surface area contributed by atoms with E-state index < -0.39 is 14.9 Å². The van der Waals surface area contributed by atoms with E-state index in [1.165, 1.54) is 24.3 Å². The highest BCUT2D eigenvalue weighted by molar-refractivity contribution is 7.89. The van der Waals surface area contributed by atoms with Crippen LogP contribution in [0.2, 0.25) is 0 Å². The smallest absolute Gasteiger partial charge is 0.269 e. The first-order valence-electron chi connectivity index (χ1n) is 6.37. The Kier molecular flexibility index (Phi) is 8.41. The molecular formula is C12H20ClN3O4S. The van der Waals surface area contributed by atoms with Crippen LogP contribution in [-0.2, 0) is 10.0 Å². The van der Waals surface area contributed by atoms with Crippen molar-refractivity contribution in [1.82, 2.24) is 9.62 Å². The number of nitrogens with one attached hydrogen (secondary N) is 1. The zero-order chi connectivity index (χ0) is 15.2. The topological polar surface area (TPSA) is 92.6 Å². The summed E-state index contributed by atoms with van der Waals surface area (Å²) in [6.07, 6.45) is 0. The molecule has 0 amide bonds. The van der Waals surface area contributed by atoms with Crippen molar-refractivity contribution in [3.05, 3.63) is 34.4 Å². The van der Waals surface area contributed by atoms with Crippen LogP contribution in [0.1, 0.15) is 13.8 Å². The zero-order valence-corrected chi connectivity index (χ0v) is 13.6. The normalized spacial score (nSPS) is 11.2. The van der Waals surface area contributed by atoms with Crippen LogP contribution < -0.4 is 4.72 Å². The zero-order valence-electron chi connectivity index (χ0n) is 12.0. The number of nitro benzene ring substituents is 1. The van der Waals surface area contributed by atoms with Crippen LogP contribution in [0, 0.1) is 10.1 Å². The highest BCUT2D eigenvalue weighted by Crippen LogP contribution is 2.15. The molecule has 0 spiro atoms. The maximum absolute atomic E-state index is 12.0. The lowest BCUT2D eigenvalue weighted by Crippen LogP contribution is -2.34. The van der Waals surface area contributed by atoms with Gasteiger partial charge in [-0.2, -0.15) is 0 Å². The third-order valence-electron chi connectivity index (χ3n) is 2.97. The Bertz CT molecular complexity index is 544. The van der Waals surface area contributed by atoms with E-state index in [1.54, 1.807) is 0 Å². The Morgan fingerprint density at radius 2 is 1.71 bits per heavy atom. The molecule has 1 rings (SSSR count). The van der Waals surface area contributed by atoms with E-state index in [-0.39, 0.29) is 23.0 Å². The average molecular weight is 338 g/mol. The van der Waals surface area contributed by atoms with Crippen LogP contribution in [0.15, 0.2) is 29.2 Å². The van der Waals surface area contributed by atoms with Gasteiger partial charge in [0, 0.05) is 25.2 Å². The summed E-state index contributed by atoms with van der Waals surface area (Å²) >= 11 is 0. The molecule has 0 atom stereocenters. The maximum Gasteiger partial charge on any atom is 0.269 e. The van der Waals surface area contributed by atoms with Crippen molar-refractivity contribution in [3.63, 3.8) is 0 Å².